The first-order valence-electron chi connectivity index (χ1n) is 12.4. The Bertz CT molecular complexity index is 1500. The molecule has 1 aliphatic rings. The van der Waals surface area contributed by atoms with Crippen molar-refractivity contribution < 1.29 is 0 Å². The number of anilines is 1. The number of benzene rings is 3. The van der Waals surface area contributed by atoms with Crippen LogP contribution in [0.4, 0.5) is 5.69 Å². The van der Waals surface area contributed by atoms with Crippen LogP contribution in [0, 0.1) is 13.8 Å². The number of nitrogens with zero attached hydrogens (tertiary/aromatic N) is 6. The molecule has 0 unspecified atom stereocenters. The Labute approximate surface area is 225 Å². The standard InChI is InChI=1S/C29H28N6S2/c1-21-12-14-23(15-13-21)33-16-18-34(19-17-33)30-20-25-22(2)32-35(24-8-4-3-5-9-24)28(25)37-29-31-26-10-6-7-11-27(26)36-29/h3-15,20H,16-19H2,1-2H3/b30-20-. The summed E-state index contributed by atoms with van der Waals surface area (Å²) in [6, 6.07) is 27.3. The van der Waals surface area contributed by atoms with Gasteiger partial charge in [0.25, 0.3) is 0 Å². The van der Waals surface area contributed by atoms with E-state index in [0.29, 0.717) is 0 Å². The molecule has 5 aromatic rings. The van der Waals surface area contributed by atoms with E-state index in [2.05, 4.69) is 78.4 Å². The zero-order chi connectivity index (χ0) is 25.2. The maximum atomic E-state index is 4.91. The summed E-state index contributed by atoms with van der Waals surface area (Å²) in [4.78, 5) is 7.29. The van der Waals surface area contributed by atoms with Gasteiger partial charge in [-0.25, -0.2) is 9.67 Å². The van der Waals surface area contributed by atoms with E-state index in [1.165, 1.54) is 16.0 Å². The van der Waals surface area contributed by atoms with Gasteiger partial charge in [0, 0.05) is 18.8 Å². The quantitative estimate of drug-likeness (QED) is 0.240. The molecule has 0 aliphatic carbocycles. The summed E-state index contributed by atoms with van der Waals surface area (Å²) in [5.41, 5.74) is 6.62. The molecule has 2 aromatic heterocycles. The van der Waals surface area contributed by atoms with Crippen molar-refractivity contribution in [3.05, 3.63) is 95.7 Å². The van der Waals surface area contributed by atoms with Gasteiger partial charge in [0.15, 0.2) is 4.34 Å². The molecule has 37 heavy (non-hydrogen) atoms. The number of hydrazone groups is 1. The van der Waals surface area contributed by atoms with Crippen LogP contribution < -0.4 is 4.90 Å². The topological polar surface area (TPSA) is 49.5 Å². The number of thiazole rings is 1. The molecule has 1 fully saturated rings. The number of piperazine rings is 1. The van der Waals surface area contributed by atoms with E-state index in [0.717, 1.165) is 58.0 Å². The predicted molar refractivity (Wildman–Crippen MR) is 155 cm³/mol. The summed E-state index contributed by atoms with van der Waals surface area (Å²) in [7, 11) is 0. The summed E-state index contributed by atoms with van der Waals surface area (Å²) in [5.74, 6) is 0. The number of aryl methyl sites for hydroxylation is 2. The fourth-order valence-electron chi connectivity index (χ4n) is 4.45. The Morgan fingerprint density at radius 1 is 0.838 bits per heavy atom. The number of fused-ring (bicyclic) bond motifs is 1. The van der Waals surface area contributed by atoms with Crippen molar-refractivity contribution in [2.24, 2.45) is 5.10 Å². The molecule has 186 valence electrons. The fraction of sp³-hybridized carbons (Fsp3) is 0.207. The molecule has 6 nitrogen and oxygen atoms in total. The highest BCUT2D eigenvalue weighted by Crippen LogP contribution is 2.37. The molecule has 0 bridgehead atoms. The Kier molecular flexibility index (Phi) is 6.68. The molecule has 6 rings (SSSR count). The molecular formula is C29H28N6S2. The zero-order valence-electron chi connectivity index (χ0n) is 20.9. The first-order valence-corrected chi connectivity index (χ1v) is 14.1. The molecule has 1 saturated heterocycles. The first-order chi connectivity index (χ1) is 18.1. The SMILES string of the molecule is Cc1ccc(N2CCN(/N=C\c3c(C)nn(-c4ccccc4)c3Sc3nc4ccccc4s3)CC2)cc1. The molecule has 0 N–H and O–H groups in total. The molecule has 0 spiro atoms. The molecule has 0 amide bonds. The van der Waals surface area contributed by atoms with Crippen LogP contribution in [0.2, 0.25) is 0 Å². The minimum Gasteiger partial charge on any atom is -0.368 e. The van der Waals surface area contributed by atoms with Crippen LogP contribution in [0.1, 0.15) is 16.8 Å². The first kappa shape index (κ1) is 23.8. The molecule has 0 saturated carbocycles. The Morgan fingerprint density at radius 3 is 2.32 bits per heavy atom. The van der Waals surface area contributed by atoms with Crippen molar-refractivity contribution in [3.63, 3.8) is 0 Å². The lowest BCUT2D eigenvalue weighted by Crippen LogP contribution is -2.44. The van der Waals surface area contributed by atoms with Gasteiger partial charge < -0.3 is 4.90 Å². The lowest BCUT2D eigenvalue weighted by atomic mass is 10.2. The smallest absolute Gasteiger partial charge is 0.157 e. The molecular weight excluding hydrogens is 496 g/mol. The maximum Gasteiger partial charge on any atom is 0.157 e. The number of para-hydroxylation sites is 2. The molecule has 3 aromatic carbocycles. The molecule has 3 heterocycles. The van der Waals surface area contributed by atoms with Crippen LogP contribution in [0.5, 0.6) is 0 Å². The predicted octanol–water partition coefficient (Wildman–Crippen LogP) is 6.41. The normalized spacial score (nSPS) is 14.2. The number of hydrogen-bond acceptors (Lipinski definition) is 7. The minimum absolute atomic E-state index is 0.886. The molecule has 0 atom stereocenters. The number of aromatic nitrogens is 3. The highest BCUT2D eigenvalue weighted by Gasteiger charge is 2.20. The van der Waals surface area contributed by atoms with Crippen LogP contribution in [0.15, 0.2) is 93.3 Å². The lowest BCUT2D eigenvalue weighted by Gasteiger charge is -2.34. The van der Waals surface area contributed by atoms with Gasteiger partial charge in [-0.05, 0) is 62.0 Å². The monoisotopic (exact) mass is 524 g/mol. The largest absolute Gasteiger partial charge is 0.368 e. The fourth-order valence-corrected chi connectivity index (χ4v) is 6.67. The van der Waals surface area contributed by atoms with Gasteiger partial charge in [-0.3, -0.25) is 5.01 Å². The summed E-state index contributed by atoms with van der Waals surface area (Å²) in [6.45, 7) is 7.86. The van der Waals surface area contributed by atoms with Crippen molar-refractivity contribution >= 4 is 45.2 Å². The second kappa shape index (κ2) is 10.4. The van der Waals surface area contributed by atoms with E-state index in [-0.39, 0.29) is 0 Å². The second-order valence-corrected chi connectivity index (χ2v) is 11.4. The third kappa shape index (κ3) is 5.12. The van der Waals surface area contributed by atoms with Gasteiger partial charge in [-0.15, -0.1) is 11.3 Å². The van der Waals surface area contributed by atoms with Crippen molar-refractivity contribution in [2.45, 2.75) is 23.2 Å². The Balaban J connectivity index is 1.26. The highest BCUT2D eigenvalue weighted by molar-refractivity contribution is 8.01. The average Bonchev–Trinajstić information content (AvgIpc) is 3.49. The molecule has 1 aliphatic heterocycles. The summed E-state index contributed by atoms with van der Waals surface area (Å²) in [5, 5.41) is 13.0. The van der Waals surface area contributed by atoms with Gasteiger partial charge in [0.1, 0.15) is 5.03 Å². The van der Waals surface area contributed by atoms with Crippen LogP contribution in [0.3, 0.4) is 0 Å². The van der Waals surface area contributed by atoms with Crippen LogP contribution >= 0.6 is 23.1 Å². The van der Waals surface area contributed by atoms with Crippen molar-refractivity contribution in [3.8, 4) is 5.69 Å². The Hall–Kier alpha value is -3.62. The van der Waals surface area contributed by atoms with E-state index in [1.807, 2.05) is 35.2 Å². The summed E-state index contributed by atoms with van der Waals surface area (Å²) < 4.78 is 4.21. The van der Waals surface area contributed by atoms with Gasteiger partial charge >= 0.3 is 0 Å². The van der Waals surface area contributed by atoms with E-state index < -0.39 is 0 Å². The lowest BCUT2D eigenvalue weighted by molar-refractivity contribution is 0.272. The molecule has 8 heteroatoms. The van der Waals surface area contributed by atoms with Crippen molar-refractivity contribution in [1.82, 2.24) is 19.8 Å². The van der Waals surface area contributed by atoms with E-state index >= 15 is 0 Å². The molecule has 0 radical (unpaired) electrons. The van der Waals surface area contributed by atoms with Gasteiger partial charge in [0.05, 0.1) is 46.5 Å². The van der Waals surface area contributed by atoms with Crippen LogP contribution in [0.25, 0.3) is 15.9 Å². The maximum absolute atomic E-state index is 4.91. The number of hydrogen-bond donors (Lipinski definition) is 0. The Morgan fingerprint density at radius 2 is 1.57 bits per heavy atom. The summed E-state index contributed by atoms with van der Waals surface area (Å²) >= 11 is 3.37. The average molecular weight is 525 g/mol. The van der Waals surface area contributed by atoms with E-state index in [9.17, 15) is 0 Å². The van der Waals surface area contributed by atoms with E-state index in [4.69, 9.17) is 15.2 Å². The van der Waals surface area contributed by atoms with Gasteiger partial charge in [-0.2, -0.15) is 10.2 Å². The van der Waals surface area contributed by atoms with Crippen molar-refractivity contribution in [2.75, 3.05) is 31.1 Å². The van der Waals surface area contributed by atoms with Crippen molar-refractivity contribution in [1.29, 1.82) is 0 Å². The van der Waals surface area contributed by atoms with Crippen LogP contribution in [-0.2, 0) is 0 Å². The van der Waals surface area contributed by atoms with Crippen LogP contribution in [-0.4, -0.2) is 52.2 Å². The second-order valence-electron chi connectivity index (χ2n) is 9.12. The summed E-state index contributed by atoms with van der Waals surface area (Å²) in [6.07, 6.45) is 1.99. The highest BCUT2D eigenvalue weighted by atomic mass is 32.2. The minimum atomic E-state index is 0.886. The van der Waals surface area contributed by atoms with E-state index in [1.54, 1.807) is 23.1 Å². The van der Waals surface area contributed by atoms with Gasteiger partial charge in [0.2, 0.25) is 0 Å². The third-order valence-corrected chi connectivity index (χ3v) is 8.71. The third-order valence-electron chi connectivity index (χ3n) is 6.53. The van der Waals surface area contributed by atoms with Gasteiger partial charge in [-0.1, -0.05) is 48.0 Å². The number of rotatable bonds is 6. The zero-order valence-corrected chi connectivity index (χ0v) is 22.5.